The van der Waals surface area contributed by atoms with Crippen LogP contribution in [0, 0.1) is 9.28 Å². The molecule has 4 aromatic rings. The van der Waals surface area contributed by atoms with Gasteiger partial charge in [0.25, 0.3) is 0 Å². The van der Waals surface area contributed by atoms with Crippen LogP contribution < -0.4 is 0 Å². The fraction of sp³-hybridized carbons (Fsp3) is 0.389. The number of hydrogen-bond acceptors (Lipinski definition) is 7. The molecule has 2 aliphatic rings. The van der Waals surface area contributed by atoms with Gasteiger partial charge in [-0.2, -0.15) is 0 Å². The standard InChI is InChI=1S/C36H40N2OS7/c1-35(25-11-5-3-6-12-25,37-31(40)23-29-27(33(37)42)15-19-44-29)17-9-21-46(39)22-10-18-36(2,26-13-7-4-8-14-26)38-32(41)24-30-28(34(38)43)16-20-45-30/h3-8,11-14,23-24,42-43H,9-10,15-22H2,1-2H3. The van der Waals surface area contributed by atoms with Gasteiger partial charge in [-0.05, 0) is 86.8 Å². The van der Waals surface area contributed by atoms with Gasteiger partial charge in [-0.1, -0.05) is 85.1 Å². The lowest BCUT2D eigenvalue weighted by Crippen LogP contribution is -2.34. The molecule has 2 aromatic carbocycles. The van der Waals surface area contributed by atoms with E-state index in [-0.39, 0.29) is 11.1 Å². The predicted octanol–water partition coefficient (Wildman–Crippen LogP) is 10.2. The number of thioether (sulfide) groups is 2. The normalized spacial score (nSPS) is 17.2. The number of rotatable bonds is 12. The molecule has 0 saturated carbocycles. The van der Waals surface area contributed by atoms with Gasteiger partial charge < -0.3 is 9.13 Å². The maximum Gasteiger partial charge on any atom is 0.108 e. The second-order valence-corrected chi connectivity index (χ2v) is 18.2. The molecule has 0 aliphatic carbocycles. The Balaban J connectivity index is 1.18. The lowest BCUT2D eigenvalue weighted by Gasteiger charge is -2.36. The molecule has 0 radical (unpaired) electrons. The van der Waals surface area contributed by atoms with Crippen LogP contribution >= 0.6 is 73.2 Å². The van der Waals surface area contributed by atoms with Crippen molar-refractivity contribution in [2.75, 3.05) is 23.0 Å². The molecule has 46 heavy (non-hydrogen) atoms. The summed E-state index contributed by atoms with van der Waals surface area (Å²) in [6, 6.07) is 25.4. The summed E-state index contributed by atoms with van der Waals surface area (Å²) >= 11 is 25.8. The van der Waals surface area contributed by atoms with Crippen molar-refractivity contribution in [1.29, 1.82) is 0 Å². The quantitative estimate of drug-likeness (QED) is 0.111. The molecule has 242 valence electrons. The molecule has 2 unspecified atom stereocenters. The first-order chi connectivity index (χ1) is 22.1. The maximum atomic E-state index is 13.6. The van der Waals surface area contributed by atoms with Crippen LogP contribution in [0.15, 0.2) is 92.6 Å². The first kappa shape index (κ1) is 34.6. The van der Waals surface area contributed by atoms with Gasteiger partial charge in [0.05, 0.1) is 21.1 Å². The third-order valence-electron chi connectivity index (χ3n) is 9.58. The predicted molar refractivity (Wildman–Crippen MR) is 209 cm³/mol. The molecule has 4 heterocycles. The molecule has 0 bridgehead atoms. The van der Waals surface area contributed by atoms with Crippen molar-refractivity contribution in [3.05, 3.63) is 104 Å². The average Bonchev–Trinajstić information content (AvgIpc) is 3.72. The van der Waals surface area contributed by atoms with Crippen molar-refractivity contribution >= 4 is 84.0 Å². The average molecular weight is 741 g/mol. The zero-order valence-corrected chi connectivity index (χ0v) is 32.1. The smallest absolute Gasteiger partial charge is 0.108 e. The third-order valence-corrected chi connectivity index (χ3v) is 14.8. The summed E-state index contributed by atoms with van der Waals surface area (Å²) < 4.78 is 19.7. The van der Waals surface area contributed by atoms with E-state index in [1.54, 1.807) is 0 Å². The summed E-state index contributed by atoms with van der Waals surface area (Å²) in [5, 5.41) is 1.93. The number of pyridine rings is 2. The molecule has 0 fully saturated rings. The zero-order chi connectivity index (χ0) is 32.5. The van der Waals surface area contributed by atoms with Gasteiger partial charge in [0.1, 0.15) is 9.28 Å². The molecule has 0 spiro atoms. The van der Waals surface area contributed by atoms with Crippen molar-refractivity contribution in [1.82, 2.24) is 9.13 Å². The Labute approximate surface area is 305 Å². The highest BCUT2D eigenvalue weighted by molar-refractivity contribution is 8.00. The van der Waals surface area contributed by atoms with Gasteiger partial charge >= 0.3 is 0 Å². The monoisotopic (exact) mass is 740 g/mol. The summed E-state index contributed by atoms with van der Waals surface area (Å²) in [7, 11) is -0.951. The van der Waals surface area contributed by atoms with Crippen molar-refractivity contribution in [2.45, 2.75) is 83.3 Å². The number of hydrogen-bond donors (Lipinski definition) is 2. The molecule has 6 rings (SSSR count). The summed E-state index contributed by atoms with van der Waals surface area (Å²) in [4.78, 5) is 2.52. The molecule has 2 aliphatic heterocycles. The van der Waals surface area contributed by atoms with Crippen LogP contribution in [0.4, 0.5) is 0 Å². The van der Waals surface area contributed by atoms with Crippen LogP contribution in [-0.4, -0.2) is 36.4 Å². The molecular formula is C36H40N2OS7. The Morgan fingerprint density at radius 1 is 0.717 bits per heavy atom. The molecule has 0 amide bonds. The van der Waals surface area contributed by atoms with E-state index >= 15 is 0 Å². The summed E-state index contributed by atoms with van der Waals surface area (Å²) in [5.74, 6) is 3.43. The van der Waals surface area contributed by atoms with E-state index in [1.807, 2.05) is 35.7 Å². The highest BCUT2D eigenvalue weighted by Gasteiger charge is 2.34. The summed E-state index contributed by atoms with van der Waals surface area (Å²) in [6.45, 7) is 4.52. The second-order valence-electron chi connectivity index (χ2n) is 12.5. The van der Waals surface area contributed by atoms with E-state index in [9.17, 15) is 4.21 Å². The lowest BCUT2D eigenvalue weighted by atomic mass is 9.86. The van der Waals surface area contributed by atoms with E-state index in [2.05, 4.69) is 83.6 Å². The Morgan fingerprint density at radius 2 is 1.11 bits per heavy atom. The Kier molecular flexibility index (Phi) is 11.0. The van der Waals surface area contributed by atoms with E-state index in [4.69, 9.17) is 49.7 Å². The lowest BCUT2D eigenvalue weighted by molar-refractivity contribution is 0.327. The van der Waals surface area contributed by atoms with Crippen LogP contribution in [0.3, 0.4) is 0 Å². The fourth-order valence-corrected chi connectivity index (χ4v) is 12.8. The number of aromatic nitrogens is 2. The largest absolute Gasteiger partial charge is 0.317 e. The molecule has 2 aromatic heterocycles. The van der Waals surface area contributed by atoms with E-state index in [1.165, 1.54) is 32.0 Å². The van der Waals surface area contributed by atoms with Gasteiger partial charge in [0.2, 0.25) is 0 Å². The molecule has 0 saturated heterocycles. The third kappa shape index (κ3) is 6.78. The molecular weight excluding hydrogens is 701 g/mol. The Bertz CT molecular complexity index is 1740. The van der Waals surface area contributed by atoms with Gasteiger partial charge in [0, 0.05) is 43.6 Å². The van der Waals surface area contributed by atoms with Gasteiger partial charge in [-0.3, -0.25) is 4.21 Å². The highest BCUT2D eigenvalue weighted by atomic mass is 32.2. The van der Waals surface area contributed by atoms with Crippen molar-refractivity contribution in [2.24, 2.45) is 0 Å². The molecule has 3 nitrogen and oxygen atoms in total. The van der Waals surface area contributed by atoms with Crippen LogP contribution in [-0.2, 0) is 34.7 Å². The Hall–Kier alpha value is -1.27. The minimum atomic E-state index is -0.951. The fourth-order valence-electron chi connectivity index (χ4n) is 7.06. The van der Waals surface area contributed by atoms with Gasteiger partial charge in [0.15, 0.2) is 0 Å². The van der Waals surface area contributed by atoms with Crippen LogP contribution in [0.5, 0.6) is 0 Å². The summed E-state index contributed by atoms with van der Waals surface area (Å²) in [5.41, 5.74) is 4.20. The maximum absolute atomic E-state index is 13.6. The summed E-state index contributed by atoms with van der Waals surface area (Å²) in [6.07, 6.45) is 5.31. The van der Waals surface area contributed by atoms with Gasteiger partial charge in [-0.15, -0.1) is 48.8 Å². The first-order valence-electron chi connectivity index (χ1n) is 15.8. The number of nitrogens with zero attached hydrogens (tertiary/aromatic N) is 2. The molecule has 0 N–H and O–H groups in total. The highest BCUT2D eigenvalue weighted by Crippen LogP contribution is 2.42. The van der Waals surface area contributed by atoms with Crippen LogP contribution in [0.2, 0.25) is 0 Å². The minimum absolute atomic E-state index is 0.390. The topological polar surface area (TPSA) is 26.9 Å². The SMILES string of the molecule is CC(CCCS(=O)CCCC(C)(c1ccccc1)n1c(S)c2c(cc1=S)SCC2)(c1ccccc1)n1c(S)c2c(cc1=S)SCC2. The number of benzene rings is 2. The molecule has 10 heteroatoms. The van der Waals surface area contributed by atoms with Gasteiger partial charge in [-0.25, -0.2) is 0 Å². The van der Waals surface area contributed by atoms with E-state index in [0.717, 1.165) is 69.4 Å². The van der Waals surface area contributed by atoms with Crippen molar-refractivity contribution in [3.8, 4) is 0 Å². The number of thiol groups is 2. The zero-order valence-electron chi connectivity index (χ0n) is 26.2. The Morgan fingerprint density at radius 3 is 1.50 bits per heavy atom. The van der Waals surface area contributed by atoms with Crippen LogP contribution in [0.1, 0.15) is 61.8 Å². The second kappa shape index (κ2) is 14.7. The van der Waals surface area contributed by atoms with Crippen molar-refractivity contribution in [3.63, 3.8) is 0 Å². The van der Waals surface area contributed by atoms with E-state index < -0.39 is 10.8 Å². The molecule has 2 atom stereocenters. The first-order valence-corrected chi connectivity index (χ1v) is 21.0. The van der Waals surface area contributed by atoms with Crippen molar-refractivity contribution < 1.29 is 4.21 Å². The minimum Gasteiger partial charge on any atom is -0.317 e. The number of fused-ring (bicyclic) bond motifs is 2. The van der Waals surface area contributed by atoms with Crippen LogP contribution in [0.25, 0.3) is 0 Å². The van der Waals surface area contributed by atoms with E-state index in [0.29, 0.717) is 11.5 Å².